The molecule has 0 saturated heterocycles. The molecule has 12 nitrogen and oxygen atoms in total. The Bertz CT molecular complexity index is 85.0. The van der Waals surface area contributed by atoms with E-state index in [4.69, 9.17) is 19.8 Å². The number of carbonyl (C=O) groups is 2. The van der Waals surface area contributed by atoms with Crippen molar-refractivity contribution in [2.24, 2.45) is 0 Å². The second kappa shape index (κ2) is 84.6. The standard InChI is InChI=1S/C2H2O4.Co.Li.8H2O.H/c3-1(4)2(5)6;;;;;;;;;;;/h(H,3,4)(H,5,6);;;8*1H2;. The molecule has 14 heteroatoms. The zero-order valence-electron chi connectivity index (χ0n) is 7.04. The van der Waals surface area contributed by atoms with Crippen molar-refractivity contribution in [3.63, 3.8) is 0 Å². The topological polar surface area (TPSA) is 327 Å². The van der Waals surface area contributed by atoms with Gasteiger partial charge in [-0.3, -0.25) is 0 Å². The third-order valence-corrected chi connectivity index (χ3v) is 0.183. The van der Waals surface area contributed by atoms with E-state index in [0.717, 1.165) is 0 Å². The summed E-state index contributed by atoms with van der Waals surface area (Å²) in [5.41, 5.74) is 0. The molecule has 0 aromatic rings. The molecule has 0 fully saturated rings. The average Bonchev–Trinajstić information content (AvgIpc) is 1.36. The van der Waals surface area contributed by atoms with E-state index >= 15 is 0 Å². The summed E-state index contributed by atoms with van der Waals surface area (Å²) in [7, 11) is 0. The average molecular weight is 301 g/mol. The van der Waals surface area contributed by atoms with E-state index in [1.807, 2.05) is 0 Å². The molecule has 0 aromatic heterocycles. The number of carboxylic acid groups (broad SMARTS) is 2. The van der Waals surface area contributed by atoms with Gasteiger partial charge in [0.1, 0.15) is 0 Å². The molecule has 0 spiro atoms. The minimum atomic E-state index is -1.82. The fourth-order valence-electron chi connectivity index (χ4n) is 0. The van der Waals surface area contributed by atoms with Crippen LogP contribution in [0.5, 0.6) is 0 Å². The maximum atomic E-state index is 9.10. The first-order chi connectivity index (χ1) is 2.64. The van der Waals surface area contributed by atoms with Crippen LogP contribution >= 0.6 is 0 Å². The summed E-state index contributed by atoms with van der Waals surface area (Å²) < 4.78 is 0. The van der Waals surface area contributed by atoms with Crippen molar-refractivity contribution in [2.75, 3.05) is 0 Å². The van der Waals surface area contributed by atoms with Gasteiger partial charge in [-0.2, -0.15) is 0 Å². The fourth-order valence-corrected chi connectivity index (χ4v) is 0. The zero-order chi connectivity index (χ0) is 5.15. The Labute approximate surface area is 111 Å². The maximum absolute atomic E-state index is 9.10. The van der Waals surface area contributed by atoms with Crippen LogP contribution in [0, 0.1) is 0 Å². The van der Waals surface area contributed by atoms with Gasteiger partial charge in [-0.05, 0) is 0 Å². The molecule has 0 bridgehead atoms. The molecular weight excluding hydrogens is 282 g/mol. The number of carboxylic acids is 2. The summed E-state index contributed by atoms with van der Waals surface area (Å²) in [6, 6.07) is 0. The summed E-state index contributed by atoms with van der Waals surface area (Å²) in [5.74, 6) is -3.65. The van der Waals surface area contributed by atoms with Crippen molar-refractivity contribution in [2.45, 2.75) is 0 Å². The molecule has 0 heterocycles. The van der Waals surface area contributed by atoms with Crippen LogP contribution in [-0.2, 0) is 26.4 Å². The van der Waals surface area contributed by atoms with Gasteiger partial charge in [-0.1, -0.05) is 0 Å². The quantitative estimate of drug-likeness (QED) is 0.324. The number of hydrogen-bond acceptors (Lipinski definition) is 2. The van der Waals surface area contributed by atoms with Crippen LogP contribution in [0.15, 0.2) is 0 Å². The Hall–Kier alpha value is -0.276. The summed E-state index contributed by atoms with van der Waals surface area (Å²) in [4.78, 5) is 18.2. The van der Waals surface area contributed by atoms with Crippen molar-refractivity contribution < 1.29 is 80.4 Å². The van der Waals surface area contributed by atoms with E-state index in [-0.39, 0.29) is 79.4 Å². The second-order valence-corrected chi connectivity index (χ2v) is 0.610. The predicted molar refractivity (Wildman–Crippen MR) is 51.3 cm³/mol. The van der Waals surface area contributed by atoms with Gasteiger partial charge < -0.3 is 54.0 Å². The van der Waals surface area contributed by atoms with Crippen molar-refractivity contribution in [3.05, 3.63) is 0 Å². The van der Waals surface area contributed by atoms with Gasteiger partial charge in [0.05, 0.1) is 0 Å². The third-order valence-electron chi connectivity index (χ3n) is 0.183. The van der Waals surface area contributed by atoms with E-state index in [9.17, 15) is 0 Å². The van der Waals surface area contributed by atoms with Crippen molar-refractivity contribution in [3.8, 4) is 0 Å². The van der Waals surface area contributed by atoms with E-state index in [2.05, 4.69) is 0 Å². The van der Waals surface area contributed by atoms with Crippen LogP contribution in [0.3, 0.4) is 0 Å². The van der Waals surface area contributed by atoms with Crippen LogP contribution in [0.2, 0.25) is 0 Å². The molecule has 0 aliphatic carbocycles. The summed E-state index contributed by atoms with van der Waals surface area (Å²) in [6.45, 7) is 0. The second-order valence-electron chi connectivity index (χ2n) is 0.610. The Morgan fingerprint density at radius 1 is 0.562 bits per heavy atom. The summed E-state index contributed by atoms with van der Waals surface area (Å²) >= 11 is 0. The summed E-state index contributed by atoms with van der Waals surface area (Å²) in [5, 5.41) is 14.8. The molecule has 0 aromatic carbocycles. The van der Waals surface area contributed by atoms with Gasteiger partial charge in [0, 0.05) is 16.8 Å². The van der Waals surface area contributed by atoms with E-state index in [1.54, 1.807) is 0 Å². The molecular formula is C2H19CoLiO12. The van der Waals surface area contributed by atoms with Gasteiger partial charge in [-0.25, -0.2) is 9.59 Å². The van der Waals surface area contributed by atoms with Crippen molar-refractivity contribution in [1.29, 1.82) is 0 Å². The molecule has 0 atom stereocenters. The molecule has 0 aliphatic heterocycles. The first kappa shape index (κ1) is 153. The number of aliphatic carboxylic acids is 2. The molecule has 16 heavy (non-hydrogen) atoms. The van der Waals surface area contributed by atoms with Crippen LogP contribution in [0.1, 0.15) is 0 Å². The minimum absolute atomic E-state index is 0. The van der Waals surface area contributed by atoms with E-state index in [0.29, 0.717) is 0 Å². The predicted octanol–water partition coefficient (Wildman–Crippen LogP) is -8.09. The number of hydrogen-bond donors (Lipinski definition) is 2. The van der Waals surface area contributed by atoms with Crippen molar-refractivity contribution in [1.82, 2.24) is 0 Å². The van der Waals surface area contributed by atoms with Gasteiger partial charge >= 0.3 is 30.8 Å². The van der Waals surface area contributed by atoms with Gasteiger partial charge in [0.15, 0.2) is 0 Å². The molecule has 1 radical (unpaired) electrons. The fraction of sp³-hybridized carbons (Fsp3) is 0. The Morgan fingerprint density at radius 2 is 0.625 bits per heavy atom. The van der Waals surface area contributed by atoms with Gasteiger partial charge in [0.25, 0.3) is 0 Å². The normalized spacial score (nSPS) is 2.75. The van der Waals surface area contributed by atoms with E-state index < -0.39 is 11.9 Å². The molecule has 109 valence electrons. The summed E-state index contributed by atoms with van der Waals surface area (Å²) in [6.07, 6.45) is 0. The Balaban J connectivity index is -0.00000000278. The molecule has 0 aliphatic rings. The first-order valence-corrected chi connectivity index (χ1v) is 1.11. The third kappa shape index (κ3) is 160. The van der Waals surface area contributed by atoms with Crippen LogP contribution in [-0.4, -0.2) is 84.8 Å². The van der Waals surface area contributed by atoms with Crippen molar-refractivity contribution >= 4 is 30.8 Å². The molecule has 0 amide bonds. The Kier molecular flexibility index (Phi) is 808. The zero-order valence-corrected chi connectivity index (χ0v) is 8.09. The first-order valence-electron chi connectivity index (χ1n) is 1.11. The van der Waals surface area contributed by atoms with E-state index in [1.165, 1.54) is 0 Å². The molecule has 18 N–H and O–H groups in total. The van der Waals surface area contributed by atoms with Gasteiger partial charge in [-0.15, -0.1) is 0 Å². The van der Waals surface area contributed by atoms with Crippen LogP contribution < -0.4 is 0 Å². The van der Waals surface area contributed by atoms with Crippen LogP contribution in [0.4, 0.5) is 0 Å². The van der Waals surface area contributed by atoms with Gasteiger partial charge in [0.2, 0.25) is 0 Å². The molecule has 0 saturated carbocycles. The van der Waals surface area contributed by atoms with Crippen LogP contribution in [0.25, 0.3) is 0 Å². The molecule has 0 rings (SSSR count). The monoisotopic (exact) mass is 301 g/mol. The SMILES string of the molecule is O.O.O.O.O.O.O.O.O=C(O)C(=O)O.[Co].[LiH]. The Morgan fingerprint density at radius 3 is 0.625 bits per heavy atom. The molecule has 0 unspecified atom stereocenters. The number of rotatable bonds is 0.